The van der Waals surface area contributed by atoms with Crippen LogP contribution in [0.3, 0.4) is 0 Å². The molecule has 0 aliphatic carbocycles. The fourth-order valence-corrected chi connectivity index (χ4v) is 5.40. The third kappa shape index (κ3) is 10.4. The maximum Gasteiger partial charge on any atom is 0.150 e. The zero-order valence-electron chi connectivity index (χ0n) is 27.7. The number of allylic oxidation sites excluding steroid dienone is 1. The van der Waals surface area contributed by atoms with Gasteiger partial charge in [-0.1, -0.05) is 135 Å². The first kappa shape index (κ1) is 34.6. The highest BCUT2D eigenvalue weighted by Crippen LogP contribution is 2.35. The molecule has 4 aromatic carbocycles. The van der Waals surface area contributed by atoms with Gasteiger partial charge in [0.25, 0.3) is 0 Å². The molecule has 4 aromatic rings. The molecule has 248 valence electrons. The summed E-state index contributed by atoms with van der Waals surface area (Å²) in [4.78, 5) is 0. The molecule has 0 unspecified atom stereocenters. The van der Waals surface area contributed by atoms with E-state index in [0.29, 0.717) is 45.2 Å². The molecule has 47 heavy (non-hydrogen) atoms. The van der Waals surface area contributed by atoms with Crippen molar-refractivity contribution in [1.29, 1.82) is 0 Å². The summed E-state index contributed by atoms with van der Waals surface area (Å²) in [5.74, 6) is 0.667. The number of rotatable bonds is 16. The van der Waals surface area contributed by atoms with Crippen molar-refractivity contribution in [1.82, 2.24) is 0 Å². The Kier molecular flexibility index (Phi) is 12.8. The zero-order valence-corrected chi connectivity index (χ0v) is 27.7. The Hall–Kier alpha value is -3.78. The highest BCUT2D eigenvalue weighted by atomic mass is 16.6. The number of hydrogen-bond acceptors (Lipinski definition) is 6. The van der Waals surface area contributed by atoms with E-state index in [1.807, 2.05) is 118 Å². The molecule has 0 amide bonds. The summed E-state index contributed by atoms with van der Waals surface area (Å²) in [6.07, 6.45) is 0.0852. The minimum absolute atomic E-state index is 0.294. The standard InChI is InChI=1S/C41H48O6/c1-31(42)41(2,3)25-24-36-38(44-27-33-18-10-5-11-19-33)40(46-29-35-22-14-7-15-23-35)39(45-28-34-20-12-6-13-21-34)37(47-36)30-43-26-32-16-8-4-9-17-32/h4-24,31,37-40,42H,25-30H2,1-3H3/b36-24-/t31-,37-,38+,39-,40-/m1/s1. The first-order chi connectivity index (χ1) is 22.9. The first-order valence-electron chi connectivity index (χ1n) is 16.5. The van der Waals surface area contributed by atoms with E-state index in [9.17, 15) is 5.11 Å². The second-order valence-electron chi connectivity index (χ2n) is 12.9. The van der Waals surface area contributed by atoms with E-state index >= 15 is 0 Å². The van der Waals surface area contributed by atoms with Gasteiger partial charge in [-0.3, -0.25) is 0 Å². The maximum absolute atomic E-state index is 10.5. The minimum Gasteiger partial charge on any atom is -0.487 e. The molecule has 1 fully saturated rings. The maximum atomic E-state index is 10.5. The Morgan fingerprint density at radius 1 is 0.638 bits per heavy atom. The molecule has 0 bridgehead atoms. The lowest BCUT2D eigenvalue weighted by Gasteiger charge is -2.44. The molecular weight excluding hydrogens is 588 g/mol. The molecule has 1 aliphatic heterocycles. The van der Waals surface area contributed by atoms with Crippen LogP contribution < -0.4 is 0 Å². The average molecular weight is 637 g/mol. The zero-order chi connectivity index (χ0) is 32.9. The van der Waals surface area contributed by atoms with Crippen molar-refractivity contribution in [3.05, 3.63) is 155 Å². The molecule has 0 radical (unpaired) electrons. The van der Waals surface area contributed by atoms with Gasteiger partial charge in [0.1, 0.15) is 24.1 Å². The number of ether oxygens (including phenoxy) is 5. The van der Waals surface area contributed by atoms with E-state index in [1.54, 1.807) is 0 Å². The van der Waals surface area contributed by atoms with E-state index in [2.05, 4.69) is 30.3 Å². The van der Waals surface area contributed by atoms with Crippen LogP contribution in [0.2, 0.25) is 0 Å². The molecule has 0 spiro atoms. The molecule has 5 atom stereocenters. The Morgan fingerprint density at radius 2 is 1.06 bits per heavy atom. The third-order valence-electron chi connectivity index (χ3n) is 8.75. The van der Waals surface area contributed by atoms with Crippen LogP contribution >= 0.6 is 0 Å². The normalized spacial score (nSPS) is 21.3. The molecular formula is C41H48O6. The van der Waals surface area contributed by atoms with Crippen LogP contribution in [0.1, 0.15) is 49.4 Å². The topological polar surface area (TPSA) is 66.4 Å². The van der Waals surface area contributed by atoms with Crippen molar-refractivity contribution < 1.29 is 28.8 Å². The Labute approximate surface area is 279 Å². The Bertz CT molecular complexity index is 1470. The molecule has 6 heteroatoms. The van der Waals surface area contributed by atoms with Gasteiger partial charge >= 0.3 is 0 Å². The molecule has 1 aliphatic rings. The predicted octanol–water partition coefficient (Wildman–Crippen LogP) is 8.04. The highest BCUT2D eigenvalue weighted by molar-refractivity contribution is 5.19. The number of benzene rings is 4. The van der Waals surface area contributed by atoms with E-state index in [0.717, 1.165) is 22.3 Å². The highest BCUT2D eigenvalue weighted by Gasteiger charge is 2.46. The van der Waals surface area contributed by atoms with Crippen molar-refractivity contribution in [2.45, 2.75) is 84.1 Å². The quantitative estimate of drug-likeness (QED) is 0.134. The van der Waals surface area contributed by atoms with Gasteiger partial charge in [0.05, 0.1) is 39.1 Å². The third-order valence-corrected chi connectivity index (χ3v) is 8.75. The van der Waals surface area contributed by atoms with Crippen molar-refractivity contribution >= 4 is 0 Å². The van der Waals surface area contributed by atoms with Gasteiger partial charge < -0.3 is 28.8 Å². The number of aliphatic hydroxyl groups is 1. The lowest BCUT2D eigenvalue weighted by molar-refractivity contribution is -0.223. The van der Waals surface area contributed by atoms with Crippen molar-refractivity contribution in [3.63, 3.8) is 0 Å². The smallest absolute Gasteiger partial charge is 0.150 e. The average Bonchev–Trinajstić information content (AvgIpc) is 3.10. The lowest BCUT2D eigenvalue weighted by Crippen LogP contribution is -2.56. The Balaban J connectivity index is 1.48. The number of hydrogen-bond donors (Lipinski definition) is 1. The van der Waals surface area contributed by atoms with Crippen molar-refractivity contribution in [2.24, 2.45) is 5.41 Å². The molecule has 1 saturated heterocycles. The SMILES string of the molecule is C[C@@H](O)C(C)(C)C/C=C1\O[C@H](COCc2ccccc2)[C@@H](OCc2ccccc2)[C@H](OCc2ccccc2)[C@H]1OCc1ccccc1. The van der Waals surface area contributed by atoms with Crippen molar-refractivity contribution in [3.8, 4) is 0 Å². The molecule has 1 N–H and O–H groups in total. The van der Waals surface area contributed by atoms with Crippen LogP contribution in [0.4, 0.5) is 0 Å². The summed E-state index contributed by atoms with van der Waals surface area (Å²) in [6.45, 7) is 7.80. The molecule has 1 heterocycles. The first-order valence-corrected chi connectivity index (χ1v) is 16.5. The van der Waals surface area contributed by atoms with Crippen LogP contribution in [-0.2, 0) is 50.1 Å². The van der Waals surface area contributed by atoms with Gasteiger partial charge in [0, 0.05) is 0 Å². The van der Waals surface area contributed by atoms with Gasteiger partial charge in [0.2, 0.25) is 0 Å². The van der Waals surface area contributed by atoms with Gasteiger partial charge in [-0.15, -0.1) is 0 Å². The largest absolute Gasteiger partial charge is 0.487 e. The molecule has 5 rings (SSSR count). The summed E-state index contributed by atoms with van der Waals surface area (Å²) in [7, 11) is 0. The van der Waals surface area contributed by atoms with Crippen LogP contribution in [-0.4, -0.2) is 42.2 Å². The van der Waals surface area contributed by atoms with Crippen LogP contribution in [0.25, 0.3) is 0 Å². The van der Waals surface area contributed by atoms with Gasteiger partial charge in [-0.2, -0.15) is 0 Å². The fraction of sp³-hybridized carbons (Fsp3) is 0.366. The summed E-state index contributed by atoms with van der Waals surface area (Å²) < 4.78 is 33.3. The Morgan fingerprint density at radius 3 is 1.53 bits per heavy atom. The summed E-state index contributed by atoms with van der Waals surface area (Å²) in [5, 5.41) is 10.5. The van der Waals surface area contributed by atoms with Crippen molar-refractivity contribution in [2.75, 3.05) is 6.61 Å². The van der Waals surface area contributed by atoms with Crippen LogP contribution in [0, 0.1) is 5.41 Å². The molecule has 6 nitrogen and oxygen atoms in total. The second kappa shape index (κ2) is 17.4. The van der Waals surface area contributed by atoms with E-state index in [1.165, 1.54) is 0 Å². The number of aliphatic hydroxyl groups excluding tert-OH is 1. The summed E-state index contributed by atoms with van der Waals surface area (Å²) >= 11 is 0. The van der Waals surface area contributed by atoms with Gasteiger partial charge in [-0.25, -0.2) is 0 Å². The summed E-state index contributed by atoms with van der Waals surface area (Å²) in [5.41, 5.74) is 3.87. The van der Waals surface area contributed by atoms with E-state index in [4.69, 9.17) is 23.7 Å². The summed E-state index contributed by atoms with van der Waals surface area (Å²) in [6, 6.07) is 40.5. The van der Waals surface area contributed by atoms with Gasteiger partial charge in [-0.05, 0) is 47.1 Å². The van der Waals surface area contributed by atoms with E-state index < -0.39 is 30.5 Å². The monoisotopic (exact) mass is 636 g/mol. The van der Waals surface area contributed by atoms with Crippen LogP contribution in [0.5, 0.6) is 0 Å². The molecule has 0 aromatic heterocycles. The van der Waals surface area contributed by atoms with E-state index in [-0.39, 0.29) is 5.41 Å². The predicted molar refractivity (Wildman–Crippen MR) is 184 cm³/mol. The minimum atomic E-state index is -0.560. The van der Waals surface area contributed by atoms with Gasteiger partial charge in [0.15, 0.2) is 6.10 Å². The fourth-order valence-electron chi connectivity index (χ4n) is 5.40. The molecule has 0 saturated carbocycles. The van der Waals surface area contributed by atoms with Crippen LogP contribution in [0.15, 0.2) is 133 Å². The lowest BCUT2D eigenvalue weighted by atomic mass is 9.83. The second-order valence-corrected chi connectivity index (χ2v) is 12.9.